The smallest absolute Gasteiger partial charge is 0.405 e. The first-order chi connectivity index (χ1) is 24.2. The molecule has 2 aliphatic carbocycles. The van der Waals surface area contributed by atoms with Gasteiger partial charge in [-0.05, 0) is 125 Å². The number of Topliss-reactive ketones (excluding diaryl/α,β-unsaturated/α-hetero) is 2. The summed E-state index contributed by atoms with van der Waals surface area (Å²) < 4.78 is 77.8. The first-order valence-electron chi connectivity index (χ1n) is 17.6. The van der Waals surface area contributed by atoms with E-state index < -0.39 is 38.2 Å². The van der Waals surface area contributed by atoms with Crippen molar-refractivity contribution < 1.29 is 45.6 Å². The molecule has 0 aliphatic heterocycles. The molecule has 0 spiro atoms. The lowest BCUT2D eigenvalue weighted by Crippen LogP contribution is -2.42. The molecule has 2 fully saturated rings. The van der Waals surface area contributed by atoms with E-state index in [1.807, 2.05) is 61.5 Å². The summed E-state index contributed by atoms with van der Waals surface area (Å²) in [6.07, 6.45) is 5.66. The van der Waals surface area contributed by atoms with Gasteiger partial charge in [0.05, 0.1) is 24.1 Å². The molecule has 0 aromatic heterocycles. The van der Waals surface area contributed by atoms with Crippen LogP contribution in [-0.2, 0) is 45.9 Å². The van der Waals surface area contributed by atoms with E-state index in [4.69, 9.17) is 18.8 Å². The minimum atomic E-state index is -5.65. The van der Waals surface area contributed by atoms with Crippen LogP contribution in [0.1, 0.15) is 83.6 Å². The fourth-order valence-electron chi connectivity index (χ4n) is 6.62. The molecule has 8 nitrogen and oxygen atoms in total. The molecule has 0 bridgehead atoms. The predicted molar refractivity (Wildman–Crippen MR) is 190 cm³/mol. The second kappa shape index (κ2) is 17.1. The lowest BCUT2D eigenvalue weighted by atomic mass is 9.86. The number of halogens is 2. The number of hydrogen-bond acceptors (Lipinski definition) is 7. The number of alkyl halides is 2. The molecule has 2 saturated carbocycles. The van der Waals surface area contributed by atoms with Gasteiger partial charge in [0, 0.05) is 31.2 Å². The van der Waals surface area contributed by atoms with Gasteiger partial charge in [0.2, 0.25) is 0 Å². The Balaban J connectivity index is 1.34. The average molecular weight is 746 g/mol. The van der Waals surface area contributed by atoms with E-state index in [9.17, 15) is 26.8 Å². The van der Waals surface area contributed by atoms with Crippen LogP contribution in [0.4, 0.5) is 8.78 Å². The van der Waals surface area contributed by atoms with Crippen LogP contribution in [0.2, 0.25) is 0 Å². The summed E-state index contributed by atoms with van der Waals surface area (Å²) in [6, 6.07) is 24.5. The van der Waals surface area contributed by atoms with Gasteiger partial charge >= 0.3 is 15.4 Å². The Hall–Kier alpha value is -3.16. The minimum absolute atomic E-state index is 0.0336. The minimum Gasteiger partial charge on any atom is -0.483 e. The molecule has 1 N–H and O–H groups in total. The number of hydrogen-bond donors (Lipinski definition) is 1. The highest BCUT2D eigenvalue weighted by molar-refractivity contribution is 7.97. The van der Waals surface area contributed by atoms with Crippen molar-refractivity contribution in [1.29, 1.82) is 0 Å². The molecular weight excluding hydrogens is 699 g/mol. The van der Waals surface area contributed by atoms with Gasteiger partial charge in [0.25, 0.3) is 0 Å². The third-order valence-electron chi connectivity index (χ3n) is 9.92. The maximum Gasteiger partial charge on any atom is 0.405 e. The SMILES string of the molecule is CC(Oc1ccc([S+](c2ccccc2)c2ccc(C(C)(OCCC3CCC(=O)CC3)OCCC3CCC(=O)CC3)cc2)cc1)C(F)(F)S(=O)(=O)O. The zero-order chi connectivity index (χ0) is 36.6. The molecule has 2 aliphatic rings. The van der Waals surface area contributed by atoms with E-state index in [0.29, 0.717) is 62.3 Å². The van der Waals surface area contributed by atoms with Gasteiger partial charge in [-0.1, -0.05) is 18.2 Å². The number of benzene rings is 3. The van der Waals surface area contributed by atoms with Gasteiger partial charge in [-0.15, -0.1) is 0 Å². The Labute approximate surface area is 302 Å². The molecular formula is C39H47F2O8S2+. The van der Waals surface area contributed by atoms with Crippen molar-refractivity contribution in [2.45, 2.75) is 110 Å². The Morgan fingerprint density at radius 1 is 0.745 bits per heavy atom. The second-order valence-electron chi connectivity index (χ2n) is 13.6. The number of ketones is 2. The molecule has 2 atom stereocenters. The zero-order valence-electron chi connectivity index (χ0n) is 29.1. The van der Waals surface area contributed by atoms with Gasteiger partial charge < -0.3 is 14.2 Å². The molecule has 51 heavy (non-hydrogen) atoms. The van der Waals surface area contributed by atoms with Gasteiger partial charge in [-0.25, -0.2) is 0 Å². The second-order valence-corrected chi connectivity index (χ2v) is 17.1. The van der Waals surface area contributed by atoms with Crippen LogP contribution < -0.4 is 4.74 Å². The van der Waals surface area contributed by atoms with Crippen LogP contribution in [0.5, 0.6) is 5.75 Å². The molecule has 5 rings (SSSR count). The highest BCUT2D eigenvalue weighted by Gasteiger charge is 2.51. The molecule has 0 heterocycles. The van der Waals surface area contributed by atoms with Crippen LogP contribution in [0.25, 0.3) is 0 Å². The van der Waals surface area contributed by atoms with Crippen LogP contribution in [0.3, 0.4) is 0 Å². The Morgan fingerprint density at radius 2 is 1.18 bits per heavy atom. The van der Waals surface area contributed by atoms with Crippen molar-refractivity contribution in [2.75, 3.05) is 13.2 Å². The van der Waals surface area contributed by atoms with Crippen molar-refractivity contribution in [3.05, 3.63) is 84.4 Å². The van der Waals surface area contributed by atoms with E-state index in [2.05, 4.69) is 0 Å². The maximum atomic E-state index is 14.1. The Bertz CT molecular complexity index is 1660. The molecule has 0 saturated heterocycles. The largest absolute Gasteiger partial charge is 0.483 e. The summed E-state index contributed by atoms with van der Waals surface area (Å²) in [6.45, 7) is 3.81. The van der Waals surface area contributed by atoms with Crippen molar-refractivity contribution in [1.82, 2.24) is 0 Å². The third kappa shape index (κ3) is 10.3. The average Bonchev–Trinajstić information content (AvgIpc) is 3.11. The maximum absolute atomic E-state index is 14.1. The fraction of sp³-hybridized carbons (Fsp3) is 0.487. The van der Waals surface area contributed by atoms with Crippen LogP contribution in [0.15, 0.2) is 93.5 Å². The molecule has 276 valence electrons. The number of carbonyl (C=O) groups is 2. The van der Waals surface area contributed by atoms with E-state index in [1.54, 1.807) is 12.1 Å². The highest BCUT2D eigenvalue weighted by Crippen LogP contribution is 2.37. The number of rotatable bonds is 16. The summed E-state index contributed by atoms with van der Waals surface area (Å²) in [5.41, 5.74) is 0.859. The predicted octanol–water partition coefficient (Wildman–Crippen LogP) is 8.53. The normalized spacial score (nSPS) is 18.1. The first kappa shape index (κ1) is 39.1. The summed E-state index contributed by atoms with van der Waals surface area (Å²) >= 11 is 0. The van der Waals surface area contributed by atoms with Crippen LogP contribution >= 0.6 is 0 Å². The Morgan fingerprint density at radius 3 is 1.63 bits per heavy atom. The van der Waals surface area contributed by atoms with E-state index in [1.165, 1.54) is 12.1 Å². The fourth-order valence-corrected chi connectivity index (χ4v) is 9.15. The van der Waals surface area contributed by atoms with Gasteiger partial charge in [-0.2, -0.15) is 17.2 Å². The topological polar surface area (TPSA) is 116 Å². The monoisotopic (exact) mass is 745 g/mol. The first-order valence-corrected chi connectivity index (χ1v) is 20.2. The quantitative estimate of drug-likeness (QED) is 0.0882. The van der Waals surface area contributed by atoms with Crippen molar-refractivity contribution in [3.8, 4) is 5.75 Å². The van der Waals surface area contributed by atoms with Crippen LogP contribution in [-0.4, -0.2) is 49.1 Å². The standard InChI is InChI=1S/C39H46F2O8S2/c1-28(39(40,41)51(44,45)46)49-34-18-22-37(23-19-34)50(35-6-4-3-5-7-35)36-20-12-31(13-21-36)38(2,47-26-24-29-8-14-32(42)15-9-29)48-27-25-30-10-16-33(43)17-11-30/h3-7,12-13,18-23,28-30H,8-11,14-17,24-27H2,1-2H3/p+1. The van der Waals surface area contributed by atoms with Crippen molar-refractivity contribution in [2.24, 2.45) is 11.8 Å². The van der Waals surface area contributed by atoms with Crippen LogP contribution in [0, 0.1) is 11.8 Å². The van der Waals surface area contributed by atoms with Gasteiger partial charge in [0.15, 0.2) is 26.6 Å². The van der Waals surface area contributed by atoms with E-state index in [-0.39, 0.29) is 5.75 Å². The van der Waals surface area contributed by atoms with E-state index in [0.717, 1.165) is 65.7 Å². The van der Waals surface area contributed by atoms with Crippen molar-refractivity contribution >= 4 is 32.6 Å². The number of ether oxygens (including phenoxy) is 3. The third-order valence-corrected chi connectivity index (χ3v) is 13.2. The van der Waals surface area contributed by atoms with Crippen molar-refractivity contribution in [3.63, 3.8) is 0 Å². The zero-order valence-corrected chi connectivity index (χ0v) is 30.7. The molecule has 3 aromatic rings. The summed E-state index contributed by atoms with van der Waals surface area (Å²) in [5, 5.41) is -4.48. The Kier molecular flexibility index (Phi) is 13.1. The summed E-state index contributed by atoms with van der Waals surface area (Å²) in [7, 11) is -6.25. The highest BCUT2D eigenvalue weighted by atomic mass is 32.2. The van der Waals surface area contributed by atoms with Gasteiger partial charge in [-0.3, -0.25) is 14.1 Å². The molecule has 0 amide bonds. The molecule has 3 aromatic carbocycles. The molecule has 0 radical (unpaired) electrons. The molecule has 12 heteroatoms. The van der Waals surface area contributed by atoms with E-state index >= 15 is 0 Å². The van der Waals surface area contributed by atoms with Gasteiger partial charge in [0.1, 0.15) is 17.3 Å². The lowest BCUT2D eigenvalue weighted by Gasteiger charge is -2.32. The molecule has 2 unspecified atom stereocenters. The lowest BCUT2D eigenvalue weighted by molar-refractivity contribution is -0.238. The summed E-state index contributed by atoms with van der Waals surface area (Å²) in [5.74, 6) is 0.573. The summed E-state index contributed by atoms with van der Waals surface area (Å²) in [4.78, 5) is 26.4. The number of carbonyl (C=O) groups excluding carboxylic acids is 2.